The van der Waals surface area contributed by atoms with Crippen LogP contribution in [0.1, 0.15) is 75.6 Å². The van der Waals surface area contributed by atoms with Gasteiger partial charge in [-0.2, -0.15) is 0 Å². The van der Waals surface area contributed by atoms with Crippen molar-refractivity contribution in [2.45, 2.75) is 65.2 Å². The second-order valence-corrected chi connectivity index (χ2v) is 5.64. The van der Waals surface area contributed by atoms with E-state index in [-0.39, 0.29) is 0 Å². The van der Waals surface area contributed by atoms with E-state index in [9.17, 15) is 4.79 Å². The third kappa shape index (κ3) is 7.48. The van der Waals surface area contributed by atoms with Crippen molar-refractivity contribution in [1.82, 2.24) is 0 Å². The molecule has 0 heterocycles. The highest BCUT2D eigenvalue weighted by molar-refractivity contribution is 5.76. The van der Waals surface area contributed by atoms with Gasteiger partial charge in [-0.25, -0.2) is 0 Å². The van der Waals surface area contributed by atoms with Crippen molar-refractivity contribution in [2.24, 2.45) is 0 Å². The highest BCUT2D eigenvalue weighted by Gasteiger charge is 2.07. The van der Waals surface area contributed by atoms with Gasteiger partial charge in [0.2, 0.25) is 0 Å². The molecule has 1 rings (SSSR count). The maximum atomic E-state index is 10.9. The Kier molecular flexibility index (Phi) is 10.2. The van der Waals surface area contributed by atoms with E-state index in [1.54, 1.807) is 12.1 Å². The molecule has 3 heteroatoms. The van der Waals surface area contributed by atoms with Crippen molar-refractivity contribution in [2.75, 3.05) is 13.2 Å². The number of hydrogen-bond acceptors (Lipinski definition) is 3. The summed E-state index contributed by atoms with van der Waals surface area (Å²) in [5.74, 6) is 1.44. The molecule has 0 saturated carbocycles. The van der Waals surface area contributed by atoms with E-state index in [0.29, 0.717) is 24.5 Å². The number of unbranched alkanes of at least 4 members (excludes halogenated alkanes) is 6. The number of rotatable bonds is 13. The van der Waals surface area contributed by atoms with Crippen LogP contribution in [0, 0.1) is 0 Å². The van der Waals surface area contributed by atoms with E-state index in [0.717, 1.165) is 24.9 Å². The molecule has 124 valence electrons. The van der Waals surface area contributed by atoms with Crippen LogP contribution in [0.3, 0.4) is 0 Å². The van der Waals surface area contributed by atoms with E-state index in [1.807, 2.05) is 6.07 Å². The zero-order valence-electron chi connectivity index (χ0n) is 14.1. The second-order valence-electron chi connectivity index (χ2n) is 5.64. The Morgan fingerprint density at radius 3 is 1.95 bits per heavy atom. The molecule has 0 radical (unpaired) electrons. The Morgan fingerprint density at radius 1 is 0.818 bits per heavy atom. The fraction of sp³-hybridized carbons (Fsp3) is 0.632. The first-order valence-corrected chi connectivity index (χ1v) is 8.66. The summed E-state index contributed by atoms with van der Waals surface area (Å²) in [5.41, 5.74) is 0.627. The minimum atomic E-state index is 0.627. The predicted octanol–water partition coefficient (Wildman–Crippen LogP) is 5.42. The van der Waals surface area contributed by atoms with Crippen LogP contribution in [0.25, 0.3) is 0 Å². The Labute approximate surface area is 135 Å². The Hall–Kier alpha value is -1.51. The van der Waals surface area contributed by atoms with Gasteiger partial charge in [0.15, 0.2) is 11.5 Å². The lowest BCUT2D eigenvalue weighted by Crippen LogP contribution is -2.03. The van der Waals surface area contributed by atoms with Crippen LogP contribution in [0.15, 0.2) is 18.2 Å². The molecular formula is C19H30O3. The first-order chi connectivity index (χ1) is 10.8. The first-order valence-electron chi connectivity index (χ1n) is 8.66. The zero-order valence-corrected chi connectivity index (χ0v) is 14.1. The molecule has 0 aliphatic carbocycles. The monoisotopic (exact) mass is 306 g/mol. The molecule has 0 unspecified atom stereocenters. The van der Waals surface area contributed by atoms with Crippen molar-refractivity contribution in [1.29, 1.82) is 0 Å². The lowest BCUT2D eigenvalue weighted by molar-refractivity contribution is 0.112. The van der Waals surface area contributed by atoms with Crippen LogP contribution in [0.5, 0.6) is 11.5 Å². The largest absolute Gasteiger partial charge is 0.490 e. The van der Waals surface area contributed by atoms with Crippen LogP contribution < -0.4 is 9.47 Å². The van der Waals surface area contributed by atoms with Gasteiger partial charge in [0.25, 0.3) is 0 Å². The molecule has 1 aromatic carbocycles. The number of benzene rings is 1. The molecule has 0 aliphatic rings. The number of carbonyl (C=O) groups excluding carboxylic acids is 1. The maximum absolute atomic E-state index is 10.9. The molecule has 0 amide bonds. The second kappa shape index (κ2) is 12.1. The number of ether oxygens (including phenoxy) is 2. The molecule has 0 aliphatic heterocycles. The summed E-state index contributed by atoms with van der Waals surface area (Å²) in [6, 6.07) is 5.39. The average molecular weight is 306 g/mol. The highest BCUT2D eigenvalue weighted by Crippen LogP contribution is 2.28. The minimum Gasteiger partial charge on any atom is -0.490 e. The average Bonchev–Trinajstić information content (AvgIpc) is 2.55. The highest BCUT2D eigenvalue weighted by atomic mass is 16.5. The minimum absolute atomic E-state index is 0.627. The molecule has 1 aromatic rings. The van der Waals surface area contributed by atoms with Gasteiger partial charge in [0.1, 0.15) is 6.29 Å². The zero-order chi connectivity index (χ0) is 16.0. The third-order valence-electron chi connectivity index (χ3n) is 3.61. The van der Waals surface area contributed by atoms with Gasteiger partial charge in [0.05, 0.1) is 13.2 Å². The van der Waals surface area contributed by atoms with Crippen molar-refractivity contribution in [3.63, 3.8) is 0 Å². The van der Waals surface area contributed by atoms with Crippen LogP contribution >= 0.6 is 0 Å². The molecule has 0 atom stereocenters. The topological polar surface area (TPSA) is 35.5 Å². The van der Waals surface area contributed by atoms with E-state index in [4.69, 9.17) is 9.47 Å². The van der Waals surface area contributed by atoms with Crippen LogP contribution in [-0.2, 0) is 0 Å². The van der Waals surface area contributed by atoms with Crippen LogP contribution in [-0.4, -0.2) is 19.5 Å². The number of hydrogen-bond donors (Lipinski definition) is 0. The molecule has 0 bridgehead atoms. The summed E-state index contributed by atoms with van der Waals surface area (Å²) in [6.07, 6.45) is 10.2. The molecule has 0 N–H and O–H groups in total. The summed E-state index contributed by atoms with van der Waals surface area (Å²) < 4.78 is 11.6. The van der Waals surface area contributed by atoms with E-state index >= 15 is 0 Å². The van der Waals surface area contributed by atoms with Gasteiger partial charge in [-0.15, -0.1) is 0 Å². The predicted molar refractivity (Wildman–Crippen MR) is 91.1 cm³/mol. The van der Waals surface area contributed by atoms with Crippen LogP contribution in [0.2, 0.25) is 0 Å². The summed E-state index contributed by atoms with van der Waals surface area (Å²) in [4.78, 5) is 10.9. The van der Waals surface area contributed by atoms with Crippen molar-refractivity contribution in [3.8, 4) is 11.5 Å². The van der Waals surface area contributed by atoms with Gasteiger partial charge >= 0.3 is 0 Å². The Morgan fingerprint density at radius 2 is 1.41 bits per heavy atom. The Bertz CT molecular complexity index is 415. The summed E-state index contributed by atoms with van der Waals surface area (Å²) >= 11 is 0. The van der Waals surface area contributed by atoms with Crippen molar-refractivity contribution >= 4 is 6.29 Å². The van der Waals surface area contributed by atoms with Crippen LogP contribution in [0.4, 0.5) is 0 Å². The third-order valence-corrected chi connectivity index (χ3v) is 3.61. The number of aldehydes is 1. The molecule has 22 heavy (non-hydrogen) atoms. The van der Waals surface area contributed by atoms with Gasteiger partial charge in [-0.3, -0.25) is 4.79 Å². The van der Waals surface area contributed by atoms with E-state index < -0.39 is 0 Å². The van der Waals surface area contributed by atoms with Crippen molar-refractivity contribution < 1.29 is 14.3 Å². The molecule has 0 aromatic heterocycles. The van der Waals surface area contributed by atoms with Crippen molar-refractivity contribution in [3.05, 3.63) is 23.8 Å². The standard InChI is InChI=1S/C19H30O3/c1-3-5-7-9-13-21-18-12-11-17(16-20)15-19(18)22-14-10-8-6-4-2/h11-12,15-16H,3-10,13-14H2,1-2H3. The summed E-state index contributed by atoms with van der Waals surface area (Å²) in [6.45, 7) is 5.77. The fourth-order valence-corrected chi connectivity index (χ4v) is 2.25. The van der Waals surface area contributed by atoms with Gasteiger partial charge in [0, 0.05) is 5.56 Å². The fourth-order valence-electron chi connectivity index (χ4n) is 2.25. The van der Waals surface area contributed by atoms with Gasteiger partial charge in [-0.05, 0) is 31.0 Å². The smallest absolute Gasteiger partial charge is 0.161 e. The maximum Gasteiger partial charge on any atom is 0.161 e. The first kappa shape index (κ1) is 18.5. The molecule has 0 spiro atoms. The lowest BCUT2D eigenvalue weighted by Gasteiger charge is -2.13. The lowest BCUT2D eigenvalue weighted by atomic mass is 10.2. The van der Waals surface area contributed by atoms with E-state index in [2.05, 4.69) is 13.8 Å². The molecule has 3 nitrogen and oxygen atoms in total. The Balaban J connectivity index is 2.48. The van der Waals surface area contributed by atoms with Gasteiger partial charge < -0.3 is 9.47 Å². The summed E-state index contributed by atoms with van der Waals surface area (Å²) in [5, 5.41) is 0. The molecule has 0 saturated heterocycles. The quantitative estimate of drug-likeness (QED) is 0.361. The summed E-state index contributed by atoms with van der Waals surface area (Å²) in [7, 11) is 0. The SMILES string of the molecule is CCCCCCOc1ccc(C=O)cc1OCCCCCC. The molecular weight excluding hydrogens is 276 g/mol. The molecule has 0 fully saturated rings. The normalized spacial score (nSPS) is 10.5. The number of carbonyl (C=O) groups is 1. The van der Waals surface area contributed by atoms with Gasteiger partial charge in [-0.1, -0.05) is 52.4 Å². The van der Waals surface area contributed by atoms with E-state index in [1.165, 1.54) is 38.5 Å².